The van der Waals surface area contributed by atoms with Crippen molar-refractivity contribution in [2.45, 2.75) is 25.9 Å². The molecule has 1 heterocycles. The molecular weight excluding hydrogens is 198 g/mol. The molecule has 0 spiro atoms. The second kappa shape index (κ2) is 6.40. The van der Waals surface area contributed by atoms with Gasteiger partial charge in [0, 0.05) is 6.54 Å². The summed E-state index contributed by atoms with van der Waals surface area (Å²) in [5.41, 5.74) is 0. The number of nitrogens with zero attached hydrogens (tertiary/aromatic N) is 1. The molecular formula is C10H17NO4. The molecule has 1 fully saturated rings. The Balaban J connectivity index is 2.28. The molecule has 1 saturated heterocycles. The second-order valence-corrected chi connectivity index (χ2v) is 3.46. The number of amides is 1. The van der Waals surface area contributed by atoms with Gasteiger partial charge in [0.15, 0.2) is 6.29 Å². The lowest BCUT2D eigenvalue weighted by molar-refractivity contribution is -0.122. The third kappa shape index (κ3) is 3.87. The van der Waals surface area contributed by atoms with Gasteiger partial charge in [-0.1, -0.05) is 13.3 Å². The van der Waals surface area contributed by atoms with Gasteiger partial charge in [-0.15, -0.1) is 0 Å². The summed E-state index contributed by atoms with van der Waals surface area (Å²) >= 11 is 0. The van der Waals surface area contributed by atoms with E-state index >= 15 is 0 Å². The van der Waals surface area contributed by atoms with Crippen LogP contribution in [-0.2, 0) is 14.3 Å². The van der Waals surface area contributed by atoms with E-state index in [2.05, 4.69) is 0 Å². The number of aldehydes is 1. The Morgan fingerprint density at radius 1 is 1.67 bits per heavy atom. The first-order valence-electron chi connectivity index (χ1n) is 5.26. The molecule has 5 heteroatoms. The molecule has 1 aliphatic heterocycles. The van der Waals surface area contributed by atoms with Crippen molar-refractivity contribution in [3.05, 3.63) is 0 Å². The summed E-state index contributed by atoms with van der Waals surface area (Å²) in [4.78, 5) is 23.5. The second-order valence-electron chi connectivity index (χ2n) is 3.46. The highest BCUT2D eigenvalue weighted by Crippen LogP contribution is 2.05. The van der Waals surface area contributed by atoms with Crippen molar-refractivity contribution in [2.24, 2.45) is 0 Å². The largest absolute Gasteiger partial charge is 0.449 e. The molecule has 1 atom stereocenters. The zero-order valence-electron chi connectivity index (χ0n) is 8.98. The van der Waals surface area contributed by atoms with Crippen molar-refractivity contribution in [2.75, 3.05) is 26.3 Å². The molecule has 0 saturated carbocycles. The fraction of sp³-hybridized carbons (Fsp3) is 0.800. The lowest BCUT2D eigenvalue weighted by atomic mass is 10.3. The summed E-state index contributed by atoms with van der Waals surface area (Å²) in [5, 5.41) is 0. The van der Waals surface area contributed by atoms with Crippen molar-refractivity contribution in [1.82, 2.24) is 4.90 Å². The van der Waals surface area contributed by atoms with Crippen LogP contribution in [0.1, 0.15) is 19.8 Å². The topological polar surface area (TPSA) is 55.8 Å². The zero-order chi connectivity index (χ0) is 11.1. The number of hydrogen-bond acceptors (Lipinski definition) is 4. The van der Waals surface area contributed by atoms with E-state index in [4.69, 9.17) is 9.47 Å². The minimum atomic E-state index is -0.502. The molecule has 0 aromatic rings. The third-order valence-electron chi connectivity index (χ3n) is 2.23. The number of unbranched alkanes of at least 4 members (excludes halogenated alkanes) is 1. The predicted octanol–water partition coefficient (Wildman–Crippen LogP) is 0.823. The highest BCUT2D eigenvalue weighted by molar-refractivity contribution is 5.69. The normalized spacial score (nSPS) is 21.1. The van der Waals surface area contributed by atoms with E-state index in [1.54, 1.807) is 0 Å². The monoisotopic (exact) mass is 215 g/mol. The molecule has 5 nitrogen and oxygen atoms in total. The van der Waals surface area contributed by atoms with Gasteiger partial charge in [0.1, 0.15) is 6.10 Å². The summed E-state index contributed by atoms with van der Waals surface area (Å²) in [5.74, 6) is 0. The first kappa shape index (κ1) is 12.0. The molecule has 0 radical (unpaired) electrons. The van der Waals surface area contributed by atoms with Crippen molar-refractivity contribution >= 4 is 12.4 Å². The van der Waals surface area contributed by atoms with Gasteiger partial charge in [0.2, 0.25) is 0 Å². The molecule has 15 heavy (non-hydrogen) atoms. The van der Waals surface area contributed by atoms with Gasteiger partial charge in [-0.25, -0.2) is 4.79 Å². The summed E-state index contributed by atoms with van der Waals surface area (Å²) in [7, 11) is 0. The maximum atomic E-state index is 11.5. The number of carbonyl (C=O) groups excluding carboxylic acids is 2. The van der Waals surface area contributed by atoms with Crippen LogP contribution in [0.25, 0.3) is 0 Å². The van der Waals surface area contributed by atoms with E-state index in [0.717, 1.165) is 12.8 Å². The minimum absolute atomic E-state index is 0.300. The summed E-state index contributed by atoms with van der Waals surface area (Å²) < 4.78 is 10.1. The molecule has 1 aliphatic rings. The molecule has 86 valence electrons. The molecule has 0 aliphatic carbocycles. The van der Waals surface area contributed by atoms with Crippen LogP contribution >= 0.6 is 0 Å². The van der Waals surface area contributed by atoms with E-state index < -0.39 is 6.10 Å². The Kier molecular flexibility index (Phi) is 5.10. The predicted molar refractivity (Wildman–Crippen MR) is 53.6 cm³/mol. The molecule has 0 bridgehead atoms. The van der Waals surface area contributed by atoms with Crippen LogP contribution in [0.2, 0.25) is 0 Å². The lowest BCUT2D eigenvalue weighted by Crippen LogP contribution is -2.46. The van der Waals surface area contributed by atoms with Crippen LogP contribution in [-0.4, -0.2) is 49.7 Å². The van der Waals surface area contributed by atoms with Crippen LogP contribution in [0.3, 0.4) is 0 Å². The standard InChI is InChI=1S/C10H17NO4/c1-2-3-5-15-10(13)11-4-6-14-9(7-11)8-12/h8-9H,2-7H2,1H3/t9-/m1/s1. The first-order chi connectivity index (χ1) is 7.27. The van der Waals surface area contributed by atoms with Gasteiger partial charge >= 0.3 is 6.09 Å². The van der Waals surface area contributed by atoms with E-state index in [9.17, 15) is 9.59 Å². The Morgan fingerprint density at radius 2 is 2.47 bits per heavy atom. The summed E-state index contributed by atoms with van der Waals surface area (Å²) in [6, 6.07) is 0. The quantitative estimate of drug-likeness (QED) is 0.514. The van der Waals surface area contributed by atoms with Gasteiger partial charge < -0.3 is 19.2 Å². The minimum Gasteiger partial charge on any atom is -0.449 e. The highest BCUT2D eigenvalue weighted by atomic mass is 16.6. The van der Waals surface area contributed by atoms with E-state index in [-0.39, 0.29) is 6.09 Å². The average molecular weight is 215 g/mol. The van der Waals surface area contributed by atoms with Gasteiger partial charge in [0.25, 0.3) is 0 Å². The smallest absolute Gasteiger partial charge is 0.409 e. The van der Waals surface area contributed by atoms with E-state index in [1.807, 2.05) is 6.92 Å². The van der Waals surface area contributed by atoms with E-state index in [0.29, 0.717) is 32.6 Å². The number of hydrogen-bond donors (Lipinski definition) is 0. The Bertz CT molecular complexity index is 219. The maximum Gasteiger partial charge on any atom is 0.409 e. The molecule has 0 aromatic heterocycles. The maximum absolute atomic E-state index is 11.5. The van der Waals surface area contributed by atoms with E-state index in [1.165, 1.54) is 4.90 Å². The molecule has 0 unspecified atom stereocenters. The van der Waals surface area contributed by atoms with Gasteiger partial charge in [0.05, 0.1) is 19.8 Å². The Labute approximate surface area is 89.3 Å². The molecule has 0 N–H and O–H groups in total. The van der Waals surface area contributed by atoms with Gasteiger partial charge in [-0.3, -0.25) is 0 Å². The summed E-state index contributed by atoms with van der Waals surface area (Å²) in [6.45, 7) is 3.67. The van der Waals surface area contributed by atoms with Crippen LogP contribution in [0, 0.1) is 0 Å². The van der Waals surface area contributed by atoms with Crippen LogP contribution < -0.4 is 0 Å². The lowest BCUT2D eigenvalue weighted by Gasteiger charge is -2.29. The van der Waals surface area contributed by atoms with Gasteiger partial charge in [-0.2, -0.15) is 0 Å². The molecule has 1 amide bonds. The van der Waals surface area contributed by atoms with Crippen LogP contribution in [0.4, 0.5) is 4.79 Å². The number of rotatable bonds is 4. The number of carbonyl (C=O) groups is 2. The molecule has 0 aromatic carbocycles. The summed E-state index contributed by atoms with van der Waals surface area (Å²) in [6.07, 6.45) is 1.72. The Hall–Kier alpha value is -1.10. The van der Waals surface area contributed by atoms with Crippen molar-refractivity contribution in [3.8, 4) is 0 Å². The average Bonchev–Trinajstić information content (AvgIpc) is 2.29. The molecule has 1 rings (SSSR count). The van der Waals surface area contributed by atoms with Crippen molar-refractivity contribution < 1.29 is 19.1 Å². The van der Waals surface area contributed by atoms with Gasteiger partial charge in [-0.05, 0) is 6.42 Å². The SMILES string of the molecule is CCCCOC(=O)N1CCO[C@@H](C=O)C1. The third-order valence-corrected chi connectivity index (χ3v) is 2.23. The number of morpholine rings is 1. The van der Waals surface area contributed by atoms with Crippen molar-refractivity contribution in [1.29, 1.82) is 0 Å². The zero-order valence-corrected chi connectivity index (χ0v) is 8.98. The fourth-order valence-electron chi connectivity index (χ4n) is 1.32. The Morgan fingerprint density at radius 3 is 3.13 bits per heavy atom. The highest BCUT2D eigenvalue weighted by Gasteiger charge is 2.24. The first-order valence-corrected chi connectivity index (χ1v) is 5.26. The van der Waals surface area contributed by atoms with Crippen LogP contribution in [0.15, 0.2) is 0 Å². The van der Waals surface area contributed by atoms with Crippen LogP contribution in [0.5, 0.6) is 0 Å². The van der Waals surface area contributed by atoms with Crippen molar-refractivity contribution in [3.63, 3.8) is 0 Å². The fourth-order valence-corrected chi connectivity index (χ4v) is 1.32. The number of ether oxygens (including phenoxy) is 2.